The lowest BCUT2D eigenvalue weighted by molar-refractivity contribution is -0.131. The molecule has 13 heteroatoms. The molecule has 3 amide bonds. The van der Waals surface area contributed by atoms with Gasteiger partial charge in [0.05, 0.1) is 12.6 Å². The summed E-state index contributed by atoms with van der Waals surface area (Å²) in [6.07, 6.45) is 2.61. The summed E-state index contributed by atoms with van der Waals surface area (Å²) in [7, 11) is 3.50. The Morgan fingerprint density at radius 2 is 1.57 bits per heavy atom. The monoisotopic (exact) mass is 643 g/mol. The second-order valence-electron chi connectivity index (χ2n) is 12.1. The summed E-state index contributed by atoms with van der Waals surface area (Å²) in [6.45, 7) is 1.41. The largest absolute Gasteiger partial charge is 0.493 e. The Kier molecular flexibility index (Phi) is 7.63. The highest BCUT2D eigenvalue weighted by molar-refractivity contribution is 6.16. The Morgan fingerprint density at radius 1 is 0.851 bits per heavy atom. The number of aromatic nitrogens is 1. The molecule has 1 saturated carbocycles. The van der Waals surface area contributed by atoms with Gasteiger partial charge in [-0.15, -0.1) is 0 Å². The summed E-state index contributed by atoms with van der Waals surface area (Å²) in [5.41, 5.74) is -0.353. The van der Waals surface area contributed by atoms with Crippen LogP contribution in [0.15, 0.2) is 66.9 Å². The third-order valence-electron chi connectivity index (χ3n) is 9.06. The van der Waals surface area contributed by atoms with Crippen molar-refractivity contribution in [2.45, 2.75) is 31.3 Å². The first kappa shape index (κ1) is 30.4. The number of piperazine rings is 1. The SMILES string of the molecule is COc1cc2c(Oc3ccc(NC(=O)C4(C(=O)Nc5ccc(F)cc5)CC4)cc3F)ccnc2cc1OC(=O)N1C[C@H]2C[C@@H]1CN2C. The molecule has 2 atom stereocenters. The minimum atomic E-state index is -1.30. The fourth-order valence-corrected chi connectivity index (χ4v) is 6.20. The second kappa shape index (κ2) is 11.8. The molecule has 1 aliphatic carbocycles. The van der Waals surface area contributed by atoms with Crippen molar-refractivity contribution in [3.63, 3.8) is 0 Å². The van der Waals surface area contributed by atoms with Crippen LogP contribution in [0.4, 0.5) is 25.0 Å². The molecule has 4 aromatic rings. The molecule has 2 aliphatic heterocycles. The van der Waals surface area contributed by atoms with Gasteiger partial charge in [0.1, 0.15) is 17.0 Å². The lowest BCUT2D eigenvalue weighted by atomic mass is 10.0. The molecule has 3 fully saturated rings. The van der Waals surface area contributed by atoms with E-state index in [4.69, 9.17) is 14.2 Å². The summed E-state index contributed by atoms with van der Waals surface area (Å²) in [5.74, 6) is -1.65. The highest BCUT2D eigenvalue weighted by Crippen LogP contribution is 2.48. The van der Waals surface area contributed by atoms with Gasteiger partial charge in [-0.3, -0.25) is 19.5 Å². The van der Waals surface area contributed by atoms with E-state index in [1.165, 1.54) is 49.7 Å². The number of hydrogen-bond acceptors (Lipinski definition) is 8. The topological polar surface area (TPSA) is 122 Å². The number of likely N-dealkylation sites (tertiary alicyclic amines) is 2. The second-order valence-corrected chi connectivity index (χ2v) is 12.1. The van der Waals surface area contributed by atoms with E-state index < -0.39 is 35.0 Å². The molecule has 1 aromatic heterocycles. The van der Waals surface area contributed by atoms with E-state index in [-0.39, 0.29) is 34.7 Å². The molecule has 2 saturated heterocycles. The van der Waals surface area contributed by atoms with E-state index in [0.717, 1.165) is 19.0 Å². The standard InChI is InChI=1S/C34H31F2N5O6/c1-40-17-23-14-22(40)18-41(23)33(44)47-30-16-26-24(15-29(30)45-2)27(9-12-37-26)46-28-8-7-21(13-25(28)36)39-32(43)34(10-11-34)31(42)38-20-5-3-19(35)4-6-20/h3-9,12-13,15-16,22-23H,10-11,14,17-18H2,1-2H3,(H,38,42)(H,39,43)/t22-,23-/m1/s1. The van der Waals surface area contributed by atoms with E-state index in [0.29, 0.717) is 42.0 Å². The number of hydrogen-bond donors (Lipinski definition) is 2. The molecule has 242 valence electrons. The molecule has 2 N–H and O–H groups in total. The zero-order valence-electron chi connectivity index (χ0n) is 25.6. The number of nitrogens with zero attached hydrogens (tertiary/aromatic N) is 3. The molecular weight excluding hydrogens is 612 g/mol. The van der Waals surface area contributed by atoms with E-state index in [1.807, 2.05) is 0 Å². The Bertz CT molecular complexity index is 1900. The number of likely N-dealkylation sites (N-methyl/N-ethyl adjacent to an activating group) is 1. The van der Waals surface area contributed by atoms with Gasteiger partial charge in [0.15, 0.2) is 23.1 Å². The van der Waals surface area contributed by atoms with Crippen LogP contribution in [0.3, 0.4) is 0 Å². The lowest BCUT2D eigenvalue weighted by Gasteiger charge is -2.31. The highest BCUT2D eigenvalue weighted by Gasteiger charge is 2.56. The van der Waals surface area contributed by atoms with Crippen LogP contribution in [0.5, 0.6) is 23.0 Å². The fourth-order valence-electron chi connectivity index (χ4n) is 6.20. The van der Waals surface area contributed by atoms with Crippen LogP contribution >= 0.6 is 0 Å². The summed E-state index contributed by atoms with van der Waals surface area (Å²) in [6, 6.07) is 14.4. The number of fused-ring (bicyclic) bond motifs is 3. The predicted molar refractivity (Wildman–Crippen MR) is 168 cm³/mol. The molecule has 47 heavy (non-hydrogen) atoms. The number of methoxy groups -OCH3 is 1. The molecule has 0 spiro atoms. The van der Waals surface area contributed by atoms with Crippen molar-refractivity contribution >= 4 is 40.2 Å². The van der Waals surface area contributed by atoms with Gasteiger partial charge in [0.2, 0.25) is 11.8 Å². The summed E-state index contributed by atoms with van der Waals surface area (Å²) in [5, 5.41) is 5.75. The van der Waals surface area contributed by atoms with Crippen molar-refractivity contribution < 1.29 is 37.4 Å². The first-order chi connectivity index (χ1) is 22.6. The summed E-state index contributed by atoms with van der Waals surface area (Å²) >= 11 is 0. The Balaban J connectivity index is 1.04. The van der Waals surface area contributed by atoms with Crippen molar-refractivity contribution in [3.8, 4) is 23.0 Å². The summed E-state index contributed by atoms with van der Waals surface area (Å²) in [4.78, 5) is 47.3. The molecule has 7 rings (SSSR count). The van der Waals surface area contributed by atoms with Gasteiger partial charge in [0, 0.05) is 60.3 Å². The smallest absolute Gasteiger partial charge is 0.415 e. The highest BCUT2D eigenvalue weighted by atomic mass is 19.1. The number of ether oxygens (including phenoxy) is 3. The maximum Gasteiger partial charge on any atom is 0.415 e. The van der Waals surface area contributed by atoms with E-state index in [9.17, 15) is 18.8 Å². The van der Waals surface area contributed by atoms with Crippen LogP contribution in [0.25, 0.3) is 10.9 Å². The average molecular weight is 644 g/mol. The maximum absolute atomic E-state index is 15.3. The maximum atomic E-state index is 15.3. The van der Waals surface area contributed by atoms with Crippen LogP contribution in [0.2, 0.25) is 0 Å². The zero-order chi connectivity index (χ0) is 32.9. The number of anilines is 2. The third-order valence-corrected chi connectivity index (χ3v) is 9.06. The van der Waals surface area contributed by atoms with Crippen LogP contribution in [0.1, 0.15) is 19.3 Å². The van der Waals surface area contributed by atoms with Gasteiger partial charge < -0.3 is 29.7 Å². The van der Waals surface area contributed by atoms with E-state index >= 15 is 4.39 Å². The number of halogens is 2. The van der Waals surface area contributed by atoms with Gasteiger partial charge in [-0.2, -0.15) is 0 Å². The average Bonchev–Trinajstić information content (AvgIpc) is 3.66. The Hall–Kier alpha value is -5.30. The van der Waals surface area contributed by atoms with Gasteiger partial charge in [-0.05, 0) is 74.8 Å². The van der Waals surface area contributed by atoms with Gasteiger partial charge >= 0.3 is 6.09 Å². The van der Waals surface area contributed by atoms with E-state index in [1.54, 1.807) is 23.1 Å². The fraction of sp³-hybridized carbons (Fsp3) is 0.294. The number of carbonyl (C=O) groups excluding carboxylic acids is 3. The quantitative estimate of drug-likeness (QED) is 0.240. The number of benzene rings is 3. The van der Waals surface area contributed by atoms with E-state index in [2.05, 4.69) is 27.6 Å². The van der Waals surface area contributed by atoms with Crippen LogP contribution in [-0.2, 0) is 9.59 Å². The van der Waals surface area contributed by atoms with Crippen LogP contribution in [-0.4, -0.2) is 72.0 Å². The first-order valence-corrected chi connectivity index (χ1v) is 15.1. The normalized spacial score (nSPS) is 19.4. The molecule has 3 aliphatic rings. The first-order valence-electron chi connectivity index (χ1n) is 15.1. The predicted octanol–water partition coefficient (Wildman–Crippen LogP) is 5.56. The molecule has 3 heterocycles. The molecular formula is C34H31F2N5O6. The number of rotatable bonds is 8. The lowest BCUT2D eigenvalue weighted by Crippen LogP contribution is -2.48. The minimum Gasteiger partial charge on any atom is -0.493 e. The van der Waals surface area contributed by atoms with Crippen molar-refractivity contribution in [2.24, 2.45) is 5.41 Å². The van der Waals surface area contributed by atoms with Gasteiger partial charge in [-0.1, -0.05) is 0 Å². The number of amides is 3. The molecule has 11 nitrogen and oxygen atoms in total. The molecule has 3 aromatic carbocycles. The molecule has 2 bridgehead atoms. The Labute approximate surface area is 268 Å². The van der Waals surface area contributed by atoms with Crippen molar-refractivity contribution in [3.05, 3.63) is 78.5 Å². The van der Waals surface area contributed by atoms with Crippen molar-refractivity contribution in [1.82, 2.24) is 14.8 Å². The third kappa shape index (κ3) is 5.78. The van der Waals surface area contributed by atoms with Gasteiger partial charge in [0.25, 0.3) is 0 Å². The molecule has 0 radical (unpaired) electrons. The number of pyridine rings is 1. The number of carbonyl (C=O) groups is 3. The van der Waals surface area contributed by atoms with Crippen molar-refractivity contribution in [2.75, 3.05) is 37.9 Å². The molecule has 0 unspecified atom stereocenters. The number of nitrogens with one attached hydrogen (secondary N) is 2. The van der Waals surface area contributed by atoms with Gasteiger partial charge in [-0.25, -0.2) is 13.6 Å². The minimum absolute atomic E-state index is 0.110. The summed E-state index contributed by atoms with van der Waals surface area (Å²) < 4.78 is 45.7. The van der Waals surface area contributed by atoms with Crippen molar-refractivity contribution in [1.29, 1.82) is 0 Å². The Morgan fingerprint density at radius 3 is 2.21 bits per heavy atom. The van der Waals surface area contributed by atoms with Crippen LogP contribution < -0.4 is 24.8 Å². The zero-order valence-corrected chi connectivity index (χ0v) is 25.6. The van der Waals surface area contributed by atoms with Crippen LogP contribution in [0, 0.1) is 17.0 Å².